The second kappa shape index (κ2) is 7.97. The van der Waals surface area contributed by atoms with Gasteiger partial charge in [0.15, 0.2) is 0 Å². The van der Waals surface area contributed by atoms with Crippen LogP contribution in [-0.2, 0) is 6.54 Å². The molecule has 1 unspecified atom stereocenters. The summed E-state index contributed by atoms with van der Waals surface area (Å²) in [5.41, 5.74) is 2.50. The van der Waals surface area contributed by atoms with Crippen LogP contribution >= 0.6 is 31.9 Å². The van der Waals surface area contributed by atoms with Crippen molar-refractivity contribution in [1.29, 1.82) is 0 Å². The van der Waals surface area contributed by atoms with Crippen molar-refractivity contribution in [3.8, 4) is 5.75 Å². The summed E-state index contributed by atoms with van der Waals surface area (Å²) in [7, 11) is 0. The largest absolute Gasteiger partial charge is 0.492 e. The first kappa shape index (κ1) is 16.5. The smallest absolute Gasteiger partial charge is 0.147 e. The van der Waals surface area contributed by atoms with Gasteiger partial charge >= 0.3 is 0 Å². The van der Waals surface area contributed by atoms with E-state index in [-0.39, 0.29) is 0 Å². The molecule has 1 N–H and O–H groups in total. The first-order valence-corrected chi connectivity index (χ1v) is 8.59. The minimum Gasteiger partial charge on any atom is -0.492 e. The van der Waals surface area contributed by atoms with Crippen molar-refractivity contribution < 1.29 is 4.74 Å². The normalized spacial score (nSPS) is 12.2. The van der Waals surface area contributed by atoms with Crippen LogP contribution in [0.1, 0.15) is 31.0 Å². The van der Waals surface area contributed by atoms with E-state index in [1.165, 1.54) is 11.1 Å². The van der Waals surface area contributed by atoms with Gasteiger partial charge in [0.25, 0.3) is 0 Å². The van der Waals surface area contributed by atoms with E-state index >= 15 is 0 Å². The Kier molecular flexibility index (Phi) is 6.27. The molecule has 0 aliphatic carbocycles. The molecule has 0 saturated heterocycles. The van der Waals surface area contributed by atoms with Gasteiger partial charge in [0.2, 0.25) is 0 Å². The lowest BCUT2D eigenvalue weighted by Gasteiger charge is -2.16. The van der Waals surface area contributed by atoms with Crippen molar-refractivity contribution in [2.75, 3.05) is 6.61 Å². The number of nitrogens with one attached hydrogen (secondary N) is 1. The molecule has 0 saturated carbocycles. The van der Waals surface area contributed by atoms with Crippen LogP contribution in [0.4, 0.5) is 0 Å². The number of benzene rings is 2. The van der Waals surface area contributed by atoms with E-state index in [2.05, 4.69) is 80.5 Å². The predicted molar refractivity (Wildman–Crippen MR) is 94.7 cm³/mol. The van der Waals surface area contributed by atoms with Crippen molar-refractivity contribution in [2.45, 2.75) is 26.4 Å². The zero-order valence-electron chi connectivity index (χ0n) is 12.2. The molecule has 21 heavy (non-hydrogen) atoms. The molecule has 2 rings (SSSR count). The fraction of sp³-hybridized carbons (Fsp3) is 0.294. The monoisotopic (exact) mass is 411 g/mol. The van der Waals surface area contributed by atoms with Crippen molar-refractivity contribution in [3.63, 3.8) is 0 Å². The Hall–Kier alpha value is -0.840. The van der Waals surface area contributed by atoms with E-state index in [1.807, 2.05) is 13.0 Å². The molecule has 0 radical (unpaired) electrons. The minimum atomic E-state index is 0.315. The van der Waals surface area contributed by atoms with Gasteiger partial charge in [-0.2, -0.15) is 0 Å². The molecular formula is C17H19Br2NO. The summed E-state index contributed by atoms with van der Waals surface area (Å²) in [5, 5.41) is 3.54. The number of hydrogen-bond acceptors (Lipinski definition) is 2. The van der Waals surface area contributed by atoms with Gasteiger partial charge < -0.3 is 10.1 Å². The summed E-state index contributed by atoms with van der Waals surface area (Å²) in [6.07, 6.45) is 0. The molecule has 0 amide bonds. The van der Waals surface area contributed by atoms with Crippen molar-refractivity contribution in [1.82, 2.24) is 5.32 Å². The molecule has 4 heteroatoms. The Morgan fingerprint density at radius 2 is 1.71 bits per heavy atom. The van der Waals surface area contributed by atoms with Gasteiger partial charge in [0, 0.05) is 12.6 Å². The van der Waals surface area contributed by atoms with Crippen LogP contribution in [0.25, 0.3) is 0 Å². The molecule has 0 heterocycles. The van der Waals surface area contributed by atoms with E-state index < -0.39 is 0 Å². The molecule has 2 aromatic carbocycles. The summed E-state index contributed by atoms with van der Waals surface area (Å²) < 4.78 is 7.55. The third-order valence-corrected chi connectivity index (χ3v) is 4.44. The summed E-state index contributed by atoms with van der Waals surface area (Å²) in [4.78, 5) is 0. The van der Waals surface area contributed by atoms with E-state index in [0.29, 0.717) is 12.6 Å². The second-order valence-electron chi connectivity index (χ2n) is 4.83. The summed E-state index contributed by atoms with van der Waals surface area (Å²) in [6.45, 7) is 5.61. The van der Waals surface area contributed by atoms with Crippen LogP contribution in [-0.4, -0.2) is 6.61 Å². The first-order valence-electron chi connectivity index (χ1n) is 7.01. The Bertz CT molecular complexity index is 564. The predicted octanol–water partition coefficient (Wildman–Crippen LogP) is 5.46. The average Bonchev–Trinajstić information content (AvgIpc) is 2.49. The number of hydrogen-bond donors (Lipinski definition) is 1. The van der Waals surface area contributed by atoms with Gasteiger partial charge in [-0.05, 0) is 69.0 Å². The molecule has 0 aromatic heterocycles. The van der Waals surface area contributed by atoms with Gasteiger partial charge in [0.05, 0.1) is 15.6 Å². The number of halogens is 2. The first-order chi connectivity index (χ1) is 10.1. The zero-order chi connectivity index (χ0) is 15.2. The van der Waals surface area contributed by atoms with Crippen molar-refractivity contribution >= 4 is 31.9 Å². The topological polar surface area (TPSA) is 21.3 Å². The fourth-order valence-electron chi connectivity index (χ4n) is 2.13. The fourth-order valence-corrected chi connectivity index (χ4v) is 3.64. The summed E-state index contributed by atoms with van der Waals surface area (Å²) in [6, 6.07) is 15.0. The molecule has 2 aromatic rings. The van der Waals surface area contributed by atoms with Crippen molar-refractivity contribution in [3.05, 3.63) is 62.5 Å². The highest BCUT2D eigenvalue weighted by Crippen LogP contribution is 2.34. The molecule has 0 aliphatic rings. The summed E-state index contributed by atoms with van der Waals surface area (Å²) >= 11 is 7.14. The maximum atomic E-state index is 5.60. The molecule has 112 valence electrons. The van der Waals surface area contributed by atoms with E-state index in [1.54, 1.807) is 0 Å². The number of ether oxygens (including phenoxy) is 1. The van der Waals surface area contributed by atoms with Crippen LogP contribution in [0, 0.1) is 0 Å². The Morgan fingerprint density at radius 3 is 2.29 bits per heavy atom. The number of rotatable bonds is 6. The molecule has 0 fully saturated rings. The van der Waals surface area contributed by atoms with Gasteiger partial charge in [-0.25, -0.2) is 0 Å². The maximum Gasteiger partial charge on any atom is 0.147 e. The van der Waals surface area contributed by atoms with Gasteiger partial charge in [-0.1, -0.05) is 30.3 Å². The molecule has 0 bridgehead atoms. The quantitative estimate of drug-likeness (QED) is 0.679. The second-order valence-corrected chi connectivity index (χ2v) is 6.54. The lowest BCUT2D eigenvalue weighted by atomic mass is 10.1. The standard InChI is InChI=1S/C17H19Br2NO/c1-3-21-17-15(18)9-13(10-16(17)19)11-20-12(2)14-7-5-4-6-8-14/h4-10,12,20H,3,11H2,1-2H3. The molecular weight excluding hydrogens is 394 g/mol. The minimum absolute atomic E-state index is 0.315. The van der Waals surface area contributed by atoms with E-state index in [0.717, 1.165) is 21.2 Å². The van der Waals surface area contributed by atoms with Gasteiger partial charge in [0.1, 0.15) is 5.75 Å². The van der Waals surface area contributed by atoms with Crippen LogP contribution in [0.3, 0.4) is 0 Å². The maximum absolute atomic E-state index is 5.60. The highest BCUT2D eigenvalue weighted by Gasteiger charge is 2.10. The Morgan fingerprint density at radius 1 is 1.10 bits per heavy atom. The van der Waals surface area contributed by atoms with Gasteiger partial charge in [-0.3, -0.25) is 0 Å². The van der Waals surface area contributed by atoms with Crippen LogP contribution in [0.2, 0.25) is 0 Å². The molecule has 1 atom stereocenters. The van der Waals surface area contributed by atoms with Crippen LogP contribution in [0.5, 0.6) is 5.75 Å². The SMILES string of the molecule is CCOc1c(Br)cc(CNC(C)c2ccccc2)cc1Br. The average molecular weight is 413 g/mol. The van der Waals surface area contributed by atoms with Gasteiger partial charge in [-0.15, -0.1) is 0 Å². The van der Waals surface area contributed by atoms with E-state index in [9.17, 15) is 0 Å². The Balaban J connectivity index is 2.04. The molecule has 2 nitrogen and oxygen atoms in total. The molecule has 0 spiro atoms. The van der Waals surface area contributed by atoms with Crippen LogP contribution < -0.4 is 10.1 Å². The summed E-state index contributed by atoms with van der Waals surface area (Å²) in [5.74, 6) is 0.859. The highest BCUT2D eigenvalue weighted by atomic mass is 79.9. The lowest BCUT2D eigenvalue weighted by molar-refractivity contribution is 0.336. The zero-order valence-corrected chi connectivity index (χ0v) is 15.4. The van der Waals surface area contributed by atoms with E-state index in [4.69, 9.17) is 4.74 Å². The molecule has 0 aliphatic heterocycles. The third kappa shape index (κ3) is 4.56. The van der Waals surface area contributed by atoms with Crippen LogP contribution in [0.15, 0.2) is 51.4 Å². The van der Waals surface area contributed by atoms with Crippen molar-refractivity contribution in [2.24, 2.45) is 0 Å². The lowest BCUT2D eigenvalue weighted by Crippen LogP contribution is -2.18. The highest BCUT2D eigenvalue weighted by molar-refractivity contribution is 9.11. The third-order valence-electron chi connectivity index (χ3n) is 3.26. The Labute approximate surface area is 143 Å².